The van der Waals surface area contributed by atoms with Gasteiger partial charge in [-0.25, -0.2) is 0 Å². The fourth-order valence-electron chi connectivity index (χ4n) is 2.49. The molecule has 132 valence electrons. The van der Waals surface area contributed by atoms with Crippen molar-refractivity contribution in [2.24, 2.45) is 0 Å². The largest absolute Gasteiger partial charge is 0.365 e. The molecular formula is C16H14Cl6Si3. The van der Waals surface area contributed by atoms with Gasteiger partial charge in [0, 0.05) is 0 Å². The van der Waals surface area contributed by atoms with Crippen LogP contribution in [0.1, 0.15) is 0 Å². The minimum atomic E-state index is -2.96. The van der Waals surface area contributed by atoms with Crippen molar-refractivity contribution in [3.8, 4) is 0 Å². The van der Waals surface area contributed by atoms with Crippen LogP contribution in [0.25, 0.3) is 0 Å². The second-order valence-electron chi connectivity index (χ2n) is 5.35. The van der Waals surface area contributed by atoms with Gasteiger partial charge in [0.1, 0.15) is 0 Å². The molecule has 0 aliphatic heterocycles. The van der Waals surface area contributed by atoms with Crippen LogP contribution < -0.4 is 10.4 Å². The van der Waals surface area contributed by atoms with Crippen molar-refractivity contribution in [1.29, 1.82) is 0 Å². The second-order valence-corrected chi connectivity index (χ2v) is 26.0. The Morgan fingerprint density at radius 3 is 1.08 bits per heavy atom. The molecule has 0 unspecified atom stereocenters. The van der Waals surface area contributed by atoms with Crippen LogP contribution in [0.3, 0.4) is 0 Å². The lowest BCUT2D eigenvalue weighted by atomic mass is 10.4. The summed E-state index contributed by atoms with van der Waals surface area (Å²) in [7, 11) is -2.57. The Hall–Kier alpha value is 0.311. The van der Waals surface area contributed by atoms with Gasteiger partial charge in [0.2, 0.25) is 0 Å². The molecular weight excluding hydrogens is 489 g/mol. The first-order chi connectivity index (χ1) is 11.6. The molecule has 0 spiro atoms. The highest BCUT2D eigenvalue weighted by Crippen LogP contribution is 2.25. The Kier molecular flexibility index (Phi) is 7.78. The van der Waals surface area contributed by atoms with Crippen LogP contribution in [-0.4, -0.2) is 20.1 Å². The number of hydrogen-bond acceptors (Lipinski definition) is 0. The zero-order valence-corrected chi connectivity index (χ0v) is 20.4. The second kappa shape index (κ2) is 9.00. The lowest BCUT2D eigenvalue weighted by Crippen LogP contribution is -2.56. The molecule has 0 aromatic heterocycles. The van der Waals surface area contributed by atoms with E-state index in [0.29, 0.717) is 0 Å². The van der Waals surface area contributed by atoms with E-state index in [-0.39, 0.29) is 0 Å². The zero-order valence-electron chi connectivity index (χ0n) is 12.9. The molecule has 0 bridgehead atoms. The van der Waals surface area contributed by atoms with Gasteiger partial charge < -0.3 is 0 Å². The van der Waals surface area contributed by atoms with Gasteiger partial charge in [0.15, 0.2) is 8.07 Å². The van der Waals surface area contributed by atoms with Crippen molar-refractivity contribution in [2.75, 3.05) is 0 Å². The maximum absolute atomic E-state index is 6.12. The van der Waals surface area contributed by atoms with E-state index in [1.807, 2.05) is 47.8 Å². The summed E-state index contributed by atoms with van der Waals surface area (Å²) in [6.45, 7) is 0. The monoisotopic (exact) mass is 500 g/mol. The summed E-state index contributed by atoms with van der Waals surface area (Å²) in [6.07, 6.45) is 0. The van der Waals surface area contributed by atoms with Crippen LogP contribution in [0.2, 0.25) is 0 Å². The van der Waals surface area contributed by atoms with Crippen LogP contribution >= 0.6 is 66.5 Å². The average molecular weight is 503 g/mol. The smallest absolute Gasteiger partial charge is 0.121 e. The van der Waals surface area contributed by atoms with Gasteiger partial charge in [-0.15, -0.1) is 66.5 Å². The Bertz CT molecular complexity index is 670. The molecule has 0 aliphatic carbocycles. The molecule has 0 saturated heterocycles. The van der Waals surface area contributed by atoms with Gasteiger partial charge in [-0.2, -0.15) is 0 Å². The van der Waals surface area contributed by atoms with Crippen molar-refractivity contribution in [3.63, 3.8) is 0 Å². The SMILES string of the molecule is Cl[Si](Cl)(Cl)/C=C/[Si](/C=C/[Si](Cl)(Cl)Cl)(c1ccccc1)c1ccccc1. The third-order valence-electron chi connectivity index (χ3n) is 3.57. The summed E-state index contributed by atoms with van der Waals surface area (Å²) in [5.41, 5.74) is 7.48. The van der Waals surface area contributed by atoms with Gasteiger partial charge in [-0.1, -0.05) is 83.5 Å². The minimum Gasteiger partial charge on any atom is -0.121 e. The average Bonchev–Trinajstić information content (AvgIpc) is 2.55. The molecule has 25 heavy (non-hydrogen) atoms. The lowest BCUT2D eigenvalue weighted by Gasteiger charge is -2.27. The molecule has 0 amide bonds. The topological polar surface area (TPSA) is 0 Å². The van der Waals surface area contributed by atoms with E-state index in [1.165, 1.54) is 0 Å². The summed E-state index contributed by atoms with van der Waals surface area (Å²) in [5, 5.41) is 2.25. The highest BCUT2D eigenvalue weighted by atomic mass is 35.8. The third kappa shape index (κ3) is 6.76. The standard InChI is InChI=1S/C16H14Cl6Si3/c17-24(18,19)13-11-23(12-14-25(20,21)22,15-7-3-1-4-8-15)16-9-5-2-6-10-16/h1-14H/b13-11+,14-12+. The predicted octanol–water partition coefficient (Wildman–Crippen LogP) is 5.83. The van der Waals surface area contributed by atoms with Gasteiger partial charge >= 0.3 is 12.0 Å². The van der Waals surface area contributed by atoms with E-state index in [0.717, 1.165) is 10.4 Å². The highest BCUT2D eigenvalue weighted by Gasteiger charge is 2.35. The summed E-state index contributed by atoms with van der Waals surface area (Å²) >= 11 is 36.7. The van der Waals surface area contributed by atoms with Gasteiger partial charge in [0.05, 0.1) is 0 Å². The molecule has 0 radical (unpaired) electrons. The van der Waals surface area contributed by atoms with E-state index in [9.17, 15) is 0 Å². The maximum Gasteiger partial charge on any atom is 0.365 e. The van der Waals surface area contributed by atoms with E-state index in [1.54, 1.807) is 11.4 Å². The Labute approximate surface area is 179 Å². The summed E-state index contributed by atoms with van der Waals surface area (Å²) < 4.78 is 0. The molecule has 2 aromatic carbocycles. The summed E-state index contributed by atoms with van der Waals surface area (Å²) in [5.74, 6) is 0. The quantitative estimate of drug-likeness (QED) is 0.344. The van der Waals surface area contributed by atoms with Crippen LogP contribution in [0.5, 0.6) is 0 Å². The van der Waals surface area contributed by atoms with Crippen molar-refractivity contribution < 1.29 is 0 Å². The lowest BCUT2D eigenvalue weighted by molar-refractivity contribution is 1.71. The fraction of sp³-hybridized carbons (Fsp3) is 0. The molecule has 0 atom stereocenters. The van der Waals surface area contributed by atoms with Crippen LogP contribution in [0.4, 0.5) is 0 Å². The molecule has 2 rings (SSSR count). The van der Waals surface area contributed by atoms with Gasteiger partial charge in [-0.3, -0.25) is 0 Å². The Balaban J connectivity index is 2.74. The molecule has 0 fully saturated rings. The van der Waals surface area contributed by atoms with Crippen molar-refractivity contribution >= 4 is 96.9 Å². The third-order valence-corrected chi connectivity index (χ3v) is 11.6. The van der Waals surface area contributed by atoms with Crippen molar-refractivity contribution in [3.05, 3.63) is 83.5 Å². The molecule has 0 aliphatic rings. The molecule has 9 heteroatoms. The highest BCUT2D eigenvalue weighted by molar-refractivity contribution is 7.67. The molecule has 2 aromatic rings. The zero-order chi connectivity index (χ0) is 18.6. The van der Waals surface area contributed by atoms with Gasteiger partial charge in [0.25, 0.3) is 0 Å². The molecule has 0 nitrogen and oxygen atoms in total. The van der Waals surface area contributed by atoms with E-state index in [4.69, 9.17) is 66.5 Å². The van der Waals surface area contributed by atoms with Crippen molar-refractivity contribution in [2.45, 2.75) is 0 Å². The number of hydrogen-bond donors (Lipinski definition) is 0. The first kappa shape index (κ1) is 21.6. The van der Waals surface area contributed by atoms with Gasteiger partial charge in [-0.05, 0) is 10.4 Å². The normalized spacial score (nSPS) is 13.7. The molecule has 0 heterocycles. The molecule has 0 saturated carbocycles. The minimum absolute atomic E-state index is 1.13. The Morgan fingerprint density at radius 1 is 0.480 bits per heavy atom. The Morgan fingerprint density at radius 2 is 0.800 bits per heavy atom. The van der Waals surface area contributed by atoms with Crippen LogP contribution in [-0.2, 0) is 0 Å². The maximum atomic E-state index is 6.12. The van der Waals surface area contributed by atoms with E-state index >= 15 is 0 Å². The first-order valence-corrected chi connectivity index (χ1v) is 19.7. The van der Waals surface area contributed by atoms with E-state index in [2.05, 4.69) is 24.3 Å². The van der Waals surface area contributed by atoms with Crippen molar-refractivity contribution in [1.82, 2.24) is 0 Å². The van der Waals surface area contributed by atoms with Crippen LogP contribution in [0, 0.1) is 0 Å². The van der Waals surface area contributed by atoms with E-state index < -0.39 is 20.1 Å². The van der Waals surface area contributed by atoms with Crippen LogP contribution in [0.15, 0.2) is 83.5 Å². The number of halogens is 6. The summed E-state index contributed by atoms with van der Waals surface area (Å²) in [6, 6.07) is 14.2. The summed E-state index contributed by atoms with van der Waals surface area (Å²) in [4.78, 5) is 0. The molecule has 0 N–H and O–H groups in total. The number of rotatable bonds is 6. The predicted molar refractivity (Wildman–Crippen MR) is 123 cm³/mol. The first-order valence-electron chi connectivity index (χ1n) is 7.28. The fourth-order valence-corrected chi connectivity index (χ4v) is 12.2. The number of benzene rings is 2.